The van der Waals surface area contributed by atoms with Gasteiger partial charge in [-0.2, -0.15) is 0 Å². The van der Waals surface area contributed by atoms with Crippen molar-refractivity contribution in [2.24, 2.45) is 16.6 Å². The van der Waals surface area contributed by atoms with Crippen LogP contribution in [-0.2, 0) is 9.53 Å². The summed E-state index contributed by atoms with van der Waals surface area (Å²) in [5.41, 5.74) is 9.44. The number of carbonyl (C=O) groups is 1. The number of aliphatic hydroxyl groups excluding tert-OH is 1. The zero-order valence-electron chi connectivity index (χ0n) is 15.6. The van der Waals surface area contributed by atoms with Gasteiger partial charge in [0.25, 0.3) is 0 Å². The van der Waals surface area contributed by atoms with E-state index in [4.69, 9.17) is 15.5 Å². The molecule has 0 aliphatic carbocycles. The molecule has 0 aromatic heterocycles. The highest BCUT2D eigenvalue weighted by Crippen LogP contribution is 2.37. The Kier molecular flexibility index (Phi) is 4.82. The van der Waals surface area contributed by atoms with Gasteiger partial charge >= 0.3 is 0 Å². The monoisotopic (exact) mass is 373 g/mol. The summed E-state index contributed by atoms with van der Waals surface area (Å²) in [4.78, 5) is 20.8. The van der Waals surface area contributed by atoms with E-state index in [1.54, 1.807) is 13.2 Å². The van der Waals surface area contributed by atoms with Crippen LogP contribution in [0.5, 0.6) is 0 Å². The Morgan fingerprint density at radius 2 is 2.37 bits per heavy atom. The fourth-order valence-corrected chi connectivity index (χ4v) is 4.15. The molecular formula is C19H27N5O3. The summed E-state index contributed by atoms with van der Waals surface area (Å²) in [6.07, 6.45) is 6.56. The maximum absolute atomic E-state index is 11.5. The van der Waals surface area contributed by atoms with E-state index in [9.17, 15) is 9.90 Å². The van der Waals surface area contributed by atoms with E-state index in [1.807, 2.05) is 6.20 Å². The predicted octanol–water partition coefficient (Wildman–Crippen LogP) is 0.239. The number of ether oxygens (including phenoxy) is 1. The van der Waals surface area contributed by atoms with Gasteiger partial charge in [0, 0.05) is 38.0 Å². The van der Waals surface area contributed by atoms with Gasteiger partial charge < -0.3 is 30.7 Å². The summed E-state index contributed by atoms with van der Waals surface area (Å²) in [7, 11) is 0. The van der Waals surface area contributed by atoms with Gasteiger partial charge in [-0.05, 0) is 37.7 Å². The highest BCUT2D eigenvalue weighted by atomic mass is 16.5. The van der Waals surface area contributed by atoms with Crippen LogP contribution in [0.3, 0.4) is 0 Å². The van der Waals surface area contributed by atoms with E-state index in [0.29, 0.717) is 12.5 Å². The van der Waals surface area contributed by atoms with Crippen LogP contribution < -0.4 is 11.1 Å². The lowest BCUT2D eigenvalue weighted by molar-refractivity contribution is -0.119. The smallest absolute Gasteiger partial charge is 0.239 e. The molecule has 0 radical (unpaired) electrons. The number of likely N-dealkylation sites (tertiary alicyclic amines) is 1. The van der Waals surface area contributed by atoms with Crippen molar-refractivity contribution in [2.45, 2.75) is 32.2 Å². The van der Waals surface area contributed by atoms with Crippen molar-refractivity contribution in [3.8, 4) is 0 Å². The molecule has 1 saturated heterocycles. The first kappa shape index (κ1) is 17.9. The third-order valence-electron chi connectivity index (χ3n) is 5.66. The van der Waals surface area contributed by atoms with Crippen LogP contribution >= 0.6 is 0 Å². The molecule has 27 heavy (non-hydrogen) atoms. The first-order valence-corrected chi connectivity index (χ1v) is 9.60. The molecule has 4 aliphatic heterocycles. The van der Waals surface area contributed by atoms with E-state index in [2.05, 4.69) is 15.1 Å². The molecule has 4 heterocycles. The topological polar surface area (TPSA) is 103 Å². The van der Waals surface area contributed by atoms with E-state index >= 15 is 0 Å². The van der Waals surface area contributed by atoms with Crippen molar-refractivity contribution < 1.29 is 14.6 Å². The number of hydrogen-bond donors (Lipinski definition) is 3. The van der Waals surface area contributed by atoms with Crippen LogP contribution in [0.25, 0.3) is 0 Å². The summed E-state index contributed by atoms with van der Waals surface area (Å²) in [6.45, 7) is 5.13. The predicted molar refractivity (Wildman–Crippen MR) is 101 cm³/mol. The highest BCUT2D eigenvalue weighted by molar-refractivity contribution is 5.87. The molecular weight excluding hydrogens is 346 g/mol. The second kappa shape index (κ2) is 7.26. The summed E-state index contributed by atoms with van der Waals surface area (Å²) in [5, 5.41) is 12.7. The Morgan fingerprint density at radius 1 is 1.52 bits per heavy atom. The molecule has 8 nitrogen and oxygen atoms in total. The fraction of sp³-hybridized carbons (Fsp3) is 0.579. The molecule has 0 saturated carbocycles. The van der Waals surface area contributed by atoms with Gasteiger partial charge in [-0.1, -0.05) is 0 Å². The summed E-state index contributed by atoms with van der Waals surface area (Å²) in [5.74, 6) is 0.835. The van der Waals surface area contributed by atoms with E-state index < -0.39 is 11.9 Å². The molecule has 0 spiro atoms. The number of nitrogens with two attached hydrogens (primary N) is 1. The van der Waals surface area contributed by atoms with Gasteiger partial charge in [-0.25, -0.2) is 4.99 Å². The lowest BCUT2D eigenvalue weighted by Gasteiger charge is -2.40. The van der Waals surface area contributed by atoms with Gasteiger partial charge in [0.1, 0.15) is 18.9 Å². The molecule has 2 atom stereocenters. The third-order valence-corrected chi connectivity index (χ3v) is 5.66. The second-order valence-electron chi connectivity index (χ2n) is 7.57. The van der Waals surface area contributed by atoms with E-state index in [-0.39, 0.29) is 6.61 Å². The summed E-state index contributed by atoms with van der Waals surface area (Å²) >= 11 is 0. The molecule has 1 unspecified atom stereocenters. The Morgan fingerprint density at radius 3 is 3.15 bits per heavy atom. The molecule has 0 bridgehead atoms. The van der Waals surface area contributed by atoms with Gasteiger partial charge in [-0.3, -0.25) is 4.79 Å². The molecule has 146 valence electrons. The Labute approximate surface area is 159 Å². The number of aliphatic hydroxyl groups is 1. The lowest BCUT2D eigenvalue weighted by Crippen LogP contribution is -2.49. The molecule has 4 aliphatic rings. The Balaban J connectivity index is 1.65. The number of aliphatic imine (C=N–C) groups is 1. The van der Waals surface area contributed by atoms with Crippen molar-refractivity contribution in [1.29, 1.82) is 0 Å². The zero-order chi connectivity index (χ0) is 19.0. The van der Waals surface area contributed by atoms with Crippen molar-refractivity contribution in [3.05, 3.63) is 35.0 Å². The molecule has 0 aromatic carbocycles. The maximum atomic E-state index is 11.5. The number of amides is 1. The second-order valence-corrected chi connectivity index (χ2v) is 7.57. The molecule has 0 aromatic rings. The molecule has 1 amide bonds. The minimum atomic E-state index is -0.504. The van der Waals surface area contributed by atoms with E-state index in [1.165, 1.54) is 5.57 Å². The molecule has 4 N–H and O–H groups in total. The summed E-state index contributed by atoms with van der Waals surface area (Å²) in [6, 6.07) is -0.504. The first-order valence-electron chi connectivity index (χ1n) is 9.60. The van der Waals surface area contributed by atoms with Crippen LogP contribution in [0.2, 0.25) is 0 Å². The lowest BCUT2D eigenvalue weighted by atomic mass is 9.99. The van der Waals surface area contributed by atoms with Crippen LogP contribution in [-0.4, -0.2) is 65.7 Å². The number of primary amides is 1. The number of hydrogen-bond acceptors (Lipinski definition) is 7. The zero-order valence-corrected chi connectivity index (χ0v) is 15.6. The number of rotatable bonds is 4. The van der Waals surface area contributed by atoms with Crippen molar-refractivity contribution in [1.82, 2.24) is 15.1 Å². The number of nitrogens with zero attached hydrogens (tertiary/aromatic N) is 3. The van der Waals surface area contributed by atoms with Crippen molar-refractivity contribution in [2.75, 3.05) is 32.8 Å². The minimum Gasteiger partial charge on any atom is -0.495 e. The van der Waals surface area contributed by atoms with Crippen molar-refractivity contribution in [3.63, 3.8) is 0 Å². The maximum Gasteiger partial charge on any atom is 0.239 e. The van der Waals surface area contributed by atoms with Crippen LogP contribution in [0.4, 0.5) is 0 Å². The highest BCUT2D eigenvalue weighted by Gasteiger charge is 2.37. The van der Waals surface area contributed by atoms with Crippen molar-refractivity contribution >= 4 is 11.9 Å². The Hall–Kier alpha value is -2.48. The SMILES string of the molecule is CC(NC1=COCC2=C3C1=CN=C(N1CCC[C@@H](CO)C1)N3CC2)C(N)=O. The average Bonchev–Trinajstić information content (AvgIpc) is 3.02. The van der Waals surface area contributed by atoms with Gasteiger partial charge in [-0.15, -0.1) is 0 Å². The number of nitrogens with one attached hydrogen (secondary N) is 1. The number of carbonyl (C=O) groups excluding carboxylic acids is 1. The van der Waals surface area contributed by atoms with E-state index in [0.717, 1.165) is 61.8 Å². The Bertz CT molecular complexity index is 754. The van der Waals surface area contributed by atoms with Gasteiger partial charge in [0.05, 0.1) is 11.4 Å². The van der Waals surface area contributed by atoms with Gasteiger partial charge in [0.15, 0.2) is 0 Å². The molecule has 8 heteroatoms. The van der Waals surface area contributed by atoms with Gasteiger partial charge in [0.2, 0.25) is 11.9 Å². The fourth-order valence-electron chi connectivity index (χ4n) is 4.15. The first-order chi connectivity index (χ1) is 13.1. The van der Waals surface area contributed by atoms with Crippen LogP contribution in [0.1, 0.15) is 26.2 Å². The quantitative estimate of drug-likeness (QED) is 0.652. The van der Waals surface area contributed by atoms with Crippen LogP contribution in [0.15, 0.2) is 40.0 Å². The summed E-state index contributed by atoms with van der Waals surface area (Å²) < 4.78 is 5.73. The standard InChI is InChI=1S/C19H27N5O3/c1-12(18(20)26)22-16-11-27-10-14-4-6-24-17(14)15(16)7-21-19(24)23-5-2-3-13(8-23)9-25/h7,11-13,22,25H,2-6,8-10H2,1H3,(H2,20,26)/t12?,13-/m1/s1. The van der Waals surface area contributed by atoms with Crippen LogP contribution in [0, 0.1) is 5.92 Å². The normalized spacial score (nSPS) is 25.7. The average molecular weight is 373 g/mol. The largest absolute Gasteiger partial charge is 0.495 e. The molecule has 4 rings (SSSR count). The third kappa shape index (κ3) is 3.29. The minimum absolute atomic E-state index is 0.217. The molecule has 1 fully saturated rings. The number of guanidine groups is 1. The number of piperidine rings is 1.